The number of carbonyl (C=O) groups is 2. The zero-order chi connectivity index (χ0) is 18.8. The zero-order valence-corrected chi connectivity index (χ0v) is 14.1. The number of anilines is 1. The van der Waals surface area contributed by atoms with Crippen LogP contribution >= 0.6 is 0 Å². The van der Waals surface area contributed by atoms with Crippen molar-refractivity contribution in [2.45, 2.75) is 0 Å². The van der Waals surface area contributed by atoms with E-state index < -0.39 is 11.9 Å². The van der Waals surface area contributed by atoms with E-state index in [9.17, 15) is 14.7 Å². The van der Waals surface area contributed by atoms with Crippen LogP contribution in [0.2, 0.25) is 0 Å². The van der Waals surface area contributed by atoms with Crippen molar-refractivity contribution < 1.29 is 14.7 Å². The van der Waals surface area contributed by atoms with Gasteiger partial charge in [0.25, 0.3) is 5.91 Å². The molecule has 6 nitrogen and oxygen atoms in total. The first kappa shape index (κ1) is 16.5. The molecular weight excluding hydrogens is 342 g/mol. The van der Waals surface area contributed by atoms with Gasteiger partial charge in [0.2, 0.25) is 0 Å². The molecule has 1 heterocycles. The van der Waals surface area contributed by atoms with E-state index in [1.54, 1.807) is 24.3 Å². The molecule has 0 radical (unpaired) electrons. The van der Waals surface area contributed by atoms with E-state index in [1.165, 1.54) is 12.1 Å². The second kappa shape index (κ2) is 6.76. The van der Waals surface area contributed by atoms with Crippen molar-refractivity contribution in [2.75, 3.05) is 5.32 Å². The molecule has 1 aromatic heterocycles. The minimum atomic E-state index is -1.14. The summed E-state index contributed by atoms with van der Waals surface area (Å²) >= 11 is 0. The fraction of sp³-hybridized carbons (Fsp3) is 0. The van der Waals surface area contributed by atoms with E-state index in [1.807, 2.05) is 36.4 Å². The molecule has 1 amide bonds. The van der Waals surface area contributed by atoms with Gasteiger partial charge >= 0.3 is 5.97 Å². The van der Waals surface area contributed by atoms with Crippen LogP contribution in [0.15, 0.2) is 72.8 Å². The number of benzene rings is 3. The van der Waals surface area contributed by atoms with E-state index in [-0.39, 0.29) is 11.1 Å². The number of carbonyl (C=O) groups excluding carboxylic acids is 1. The van der Waals surface area contributed by atoms with Gasteiger partial charge in [0.1, 0.15) is 5.82 Å². The van der Waals surface area contributed by atoms with Crippen LogP contribution in [0.4, 0.5) is 5.69 Å². The minimum Gasteiger partial charge on any atom is -0.478 e. The van der Waals surface area contributed by atoms with Crippen molar-refractivity contribution in [1.82, 2.24) is 9.97 Å². The third-order valence-corrected chi connectivity index (χ3v) is 4.21. The highest BCUT2D eigenvalue weighted by atomic mass is 16.4. The summed E-state index contributed by atoms with van der Waals surface area (Å²) in [5.74, 6) is -0.865. The maximum atomic E-state index is 12.4. The van der Waals surface area contributed by atoms with Crippen LogP contribution in [-0.2, 0) is 0 Å². The molecule has 0 unspecified atom stereocenters. The Hall–Kier alpha value is -3.93. The molecule has 0 atom stereocenters. The highest BCUT2D eigenvalue weighted by molar-refractivity contribution is 6.10. The van der Waals surface area contributed by atoms with Gasteiger partial charge in [0, 0.05) is 11.3 Å². The topological polar surface area (TPSA) is 95.1 Å². The Morgan fingerprint density at radius 3 is 2.22 bits per heavy atom. The van der Waals surface area contributed by atoms with E-state index in [2.05, 4.69) is 15.3 Å². The molecule has 3 N–H and O–H groups in total. The normalized spacial score (nSPS) is 10.7. The largest absolute Gasteiger partial charge is 0.478 e. The van der Waals surface area contributed by atoms with Crippen LogP contribution in [0.1, 0.15) is 20.7 Å². The van der Waals surface area contributed by atoms with Crippen molar-refractivity contribution in [2.24, 2.45) is 0 Å². The van der Waals surface area contributed by atoms with Gasteiger partial charge in [-0.1, -0.05) is 24.3 Å². The molecule has 27 heavy (non-hydrogen) atoms. The maximum absolute atomic E-state index is 12.4. The van der Waals surface area contributed by atoms with Crippen molar-refractivity contribution in [3.05, 3.63) is 83.9 Å². The molecule has 0 spiro atoms. The number of carboxylic acids is 1. The van der Waals surface area contributed by atoms with Crippen molar-refractivity contribution in [3.8, 4) is 11.4 Å². The summed E-state index contributed by atoms with van der Waals surface area (Å²) in [5.41, 5.74) is 3.38. The highest BCUT2D eigenvalue weighted by Crippen LogP contribution is 2.22. The predicted octanol–water partition coefficient (Wildman–Crippen LogP) is 4.18. The lowest BCUT2D eigenvalue weighted by Crippen LogP contribution is -2.16. The van der Waals surface area contributed by atoms with E-state index in [0.29, 0.717) is 5.69 Å². The molecule has 0 saturated heterocycles. The Morgan fingerprint density at radius 2 is 1.52 bits per heavy atom. The number of hydrogen-bond donors (Lipinski definition) is 3. The first-order valence-corrected chi connectivity index (χ1v) is 8.31. The van der Waals surface area contributed by atoms with Gasteiger partial charge in [0.05, 0.1) is 22.2 Å². The Balaban J connectivity index is 1.56. The standard InChI is InChI=1S/C21H15N3O3/c25-20(15-5-1-2-6-16(15)21(26)27)22-14-11-9-13(10-12-14)19-23-17-7-3-4-8-18(17)24-19/h1-12H,(H,22,25)(H,23,24)(H,26,27). The third-order valence-electron chi connectivity index (χ3n) is 4.21. The summed E-state index contributed by atoms with van der Waals surface area (Å²) in [6.45, 7) is 0. The summed E-state index contributed by atoms with van der Waals surface area (Å²) in [4.78, 5) is 31.5. The van der Waals surface area contributed by atoms with E-state index >= 15 is 0 Å². The summed E-state index contributed by atoms with van der Waals surface area (Å²) in [6.07, 6.45) is 0. The van der Waals surface area contributed by atoms with Crippen molar-refractivity contribution in [1.29, 1.82) is 0 Å². The molecular formula is C21H15N3O3. The molecule has 0 saturated carbocycles. The number of carboxylic acid groups (broad SMARTS) is 1. The highest BCUT2D eigenvalue weighted by Gasteiger charge is 2.16. The molecule has 0 aliphatic heterocycles. The molecule has 4 rings (SSSR count). The molecule has 0 aliphatic rings. The number of amides is 1. The number of fused-ring (bicyclic) bond motifs is 1. The number of aromatic carboxylic acids is 1. The molecule has 4 aromatic rings. The molecule has 3 aromatic carbocycles. The fourth-order valence-corrected chi connectivity index (χ4v) is 2.87. The summed E-state index contributed by atoms with van der Waals surface area (Å²) in [7, 11) is 0. The first-order chi connectivity index (χ1) is 13.1. The molecule has 0 bridgehead atoms. The Kier molecular flexibility index (Phi) is 4.14. The second-order valence-electron chi connectivity index (χ2n) is 5.98. The van der Waals surface area contributed by atoms with Crippen LogP contribution in [0, 0.1) is 0 Å². The summed E-state index contributed by atoms with van der Waals surface area (Å²) < 4.78 is 0. The number of aromatic nitrogens is 2. The number of imidazole rings is 1. The average molecular weight is 357 g/mol. The number of nitrogens with zero attached hydrogens (tertiary/aromatic N) is 1. The van der Waals surface area contributed by atoms with E-state index in [4.69, 9.17) is 0 Å². The maximum Gasteiger partial charge on any atom is 0.336 e. The minimum absolute atomic E-state index is 0.0334. The average Bonchev–Trinajstić information content (AvgIpc) is 3.12. The van der Waals surface area contributed by atoms with Crippen LogP contribution in [0.25, 0.3) is 22.4 Å². The lowest BCUT2D eigenvalue weighted by Gasteiger charge is -2.08. The van der Waals surface area contributed by atoms with Crippen LogP contribution < -0.4 is 5.32 Å². The van der Waals surface area contributed by atoms with Gasteiger partial charge in [-0.3, -0.25) is 4.79 Å². The number of para-hydroxylation sites is 2. The monoisotopic (exact) mass is 357 g/mol. The van der Waals surface area contributed by atoms with Crippen LogP contribution in [0.3, 0.4) is 0 Å². The van der Waals surface area contributed by atoms with Crippen molar-refractivity contribution in [3.63, 3.8) is 0 Å². The Morgan fingerprint density at radius 1 is 0.852 bits per heavy atom. The van der Waals surface area contributed by atoms with Gasteiger partial charge in [-0.2, -0.15) is 0 Å². The van der Waals surface area contributed by atoms with Gasteiger partial charge in [-0.15, -0.1) is 0 Å². The SMILES string of the molecule is O=C(O)c1ccccc1C(=O)Nc1ccc(-c2nc3ccccc3[nH]2)cc1. The number of H-pyrrole nitrogens is 1. The number of hydrogen-bond acceptors (Lipinski definition) is 3. The first-order valence-electron chi connectivity index (χ1n) is 8.31. The van der Waals surface area contributed by atoms with Gasteiger partial charge in [0.15, 0.2) is 0 Å². The Labute approximate surface area is 154 Å². The van der Waals surface area contributed by atoms with Crippen molar-refractivity contribution >= 4 is 28.6 Å². The number of rotatable bonds is 4. The molecule has 0 fully saturated rings. The quantitative estimate of drug-likeness (QED) is 0.510. The van der Waals surface area contributed by atoms with Crippen LogP contribution in [0.5, 0.6) is 0 Å². The number of aromatic amines is 1. The summed E-state index contributed by atoms with van der Waals surface area (Å²) in [6, 6.07) is 21.1. The third kappa shape index (κ3) is 3.28. The van der Waals surface area contributed by atoms with Gasteiger partial charge < -0.3 is 15.4 Å². The smallest absolute Gasteiger partial charge is 0.336 e. The van der Waals surface area contributed by atoms with Gasteiger partial charge in [-0.25, -0.2) is 9.78 Å². The predicted molar refractivity (Wildman–Crippen MR) is 103 cm³/mol. The molecule has 132 valence electrons. The van der Waals surface area contributed by atoms with Gasteiger partial charge in [-0.05, 0) is 48.5 Å². The Bertz CT molecular complexity index is 1110. The summed E-state index contributed by atoms with van der Waals surface area (Å²) in [5, 5.41) is 11.9. The second-order valence-corrected chi connectivity index (χ2v) is 5.98. The molecule has 6 heteroatoms. The van der Waals surface area contributed by atoms with E-state index in [0.717, 1.165) is 22.4 Å². The lowest BCUT2D eigenvalue weighted by atomic mass is 10.1. The number of nitrogens with one attached hydrogen (secondary N) is 2. The zero-order valence-electron chi connectivity index (χ0n) is 14.1. The fourth-order valence-electron chi connectivity index (χ4n) is 2.87. The molecule has 0 aliphatic carbocycles. The lowest BCUT2D eigenvalue weighted by molar-refractivity contribution is 0.0692. The van der Waals surface area contributed by atoms with Crippen LogP contribution in [-0.4, -0.2) is 27.0 Å².